The van der Waals surface area contributed by atoms with Crippen LogP contribution in [0.5, 0.6) is 0 Å². The number of nitrogens with one attached hydrogen (secondary N) is 1. The van der Waals surface area contributed by atoms with E-state index in [1.54, 1.807) is 60.4 Å². The molecule has 0 aliphatic carbocycles. The van der Waals surface area contributed by atoms with Gasteiger partial charge in [-0.15, -0.1) is 0 Å². The molecule has 36 heavy (non-hydrogen) atoms. The average Bonchev–Trinajstić information content (AvgIpc) is 3.31. The lowest BCUT2D eigenvalue weighted by molar-refractivity contribution is 0.0124. The summed E-state index contributed by atoms with van der Waals surface area (Å²) < 4.78 is 34.6. The van der Waals surface area contributed by atoms with E-state index in [1.165, 1.54) is 10.7 Å². The molecule has 3 aromatic rings. The van der Waals surface area contributed by atoms with Gasteiger partial charge in [-0.3, -0.25) is 4.79 Å². The largest absolute Gasteiger partial charge is 0.450 e. The molecule has 1 aliphatic rings. The summed E-state index contributed by atoms with van der Waals surface area (Å²) in [7, 11) is 0. The molecular weight excluding hydrogens is 490 g/mol. The molecule has 1 aliphatic heterocycles. The van der Waals surface area contributed by atoms with E-state index < -0.39 is 5.92 Å². The van der Waals surface area contributed by atoms with Gasteiger partial charge in [-0.2, -0.15) is 13.9 Å². The first-order valence-electron chi connectivity index (χ1n) is 11.7. The van der Waals surface area contributed by atoms with Crippen molar-refractivity contribution in [2.24, 2.45) is 0 Å². The number of halogens is 3. The highest BCUT2D eigenvalue weighted by Gasteiger charge is 2.30. The molecule has 1 N–H and O–H groups in total. The molecule has 4 rings (SSSR count). The third-order valence-corrected chi connectivity index (χ3v) is 6.36. The van der Waals surface area contributed by atoms with Crippen molar-refractivity contribution in [3.63, 3.8) is 0 Å². The lowest BCUT2D eigenvalue weighted by atomic mass is 10.0. The van der Waals surface area contributed by atoms with Gasteiger partial charge in [-0.1, -0.05) is 35.9 Å². The molecule has 2 heterocycles. The van der Waals surface area contributed by atoms with Crippen LogP contribution < -0.4 is 5.32 Å². The second-order valence-corrected chi connectivity index (χ2v) is 9.08. The van der Waals surface area contributed by atoms with Gasteiger partial charge in [0.2, 0.25) is 0 Å². The van der Waals surface area contributed by atoms with Crippen molar-refractivity contribution >= 4 is 23.6 Å². The van der Waals surface area contributed by atoms with Crippen molar-refractivity contribution in [1.82, 2.24) is 20.0 Å². The van der Waals surface area contributed by atoms with Gasteiger partial charge < -0.3 is 15.0 Å². The molecular formula is C26H27ClF2N4O3. The molecule has 190 valence electrons. The van der Waals surface area contributed by atoms with E-state index in [4.69, 9.17) is 16.3 Å². The Morgan fingerprint density at radius 1 is 1.14 bits per heavy atom. The number of nitrogens with zero attached hydrogens (tertiary/aromatic N) is 3. The molecule has 7 nitrogen and oxygen atoms in total. The van der Waals surface area contributed by atoms with Gasteiger partial charge in [-0.05, 0) is 50.1 Å². The highest BCUT2D eigenvalue weighted by atomic mass is 35.5. The Balaban J connectivity index is 1.50. The monoisotopic (exact) mass is 516 g/mol. The Bertz CT molecular complexity index is 1230. The van der Waals surface area contributed by atoms with Crippen LogP contribution in [0.15, 0.2) is 54.6 Å². The van der Waals surface area contributed by atoms with Crippen LogP contribution in [0.1, 0.15) is 42.7 Å². The summed E-state index contributed by atoms with van der Waals surface area (Å²) in [5.74, 6) is -3.37. The second-order valence-electron chi connectivity index (χ2n) is 8.68. The molecule has 1 saturated heterocycles. The predicted molar refractivity (Wildman–Crippen MR) is 133 cm³/mol. The smallest absolute Gasteiger partial charge is 0.409 e. The molecule has 0 atom stereocenters. The molecule has 10 heteroatoms. The molecule has 0 saturated carbocycles. The maximum absolute atomic E-state index is 14.1. The van der Waals surface area contributed by atoms with Crippen LogP contribution in [0.3, 0.4) is 0 Å². The zero-order chi connectivity index (χ0) is 25.9. The van der Waals surface area contributed by atoms with E-state index in [0.29, 0.717) is 60.1 Å². The number of piperidine rings is 1. The van der Waals surface area contributed by atoms with Crippen LogP contribution >= 0.6 is 11.6 Å². The fourth-order valence-corrected chi connectivity index (χ4v) is 4.31. The fraction of sp³-hybridized carbons (Fsp3) is 0.346. The first-order valence-corrected chi connectivity index (χ1v) is 12.1. The molecule has 0 radical (unpaired) electrons. The van der Waals surface area contributed by atoms with E-state index in [0.717, 1.165) is 6.92 Å². The topological polar surface area (TPSA) is 76.5 Å². The van der Waals surface area contributed by atoms with E-state index in [9.17, 15) is 18.4 Å². The zero-order valence-electron chi connectivity index (χ0n) is 20.0. The van der Waals surface area contributed by atoms with Crippen molar-refractivity contribution < 1.29 is 23.1 Å². The summed E-state index contributed by atoms with van der Waals surface area (Å²) in [5, 5.41) is 7.50. The average molecular weight is 517 g/mol. The van der Waals surface area contributed by atoms with Gasteiger partial charge in [0, 0.05) is 37.2 Å². The van der Waals surface area contributed by atoms with Gasteiger partial charge in [-0.25, -0.2) is 9.48 Å². The van der Waals surface area contributed by atoms with Crippen LogP contribution in [0.2, 0.25) is 5.02 Å². The fourth-order valence-electron chi connectivity index (χ4n) is 4.09. The van der Waals surface area contributed by atoms with E-state index in [-0.39, 0.29) is 23.7 Å². The van der Waals surface area contributed by atoms with Gasteiger partial charge in [0.05, 0.1) is 23.0 Å². The van der Waals surface area contributed by atoms with Crippen LogP contribution in [-0.4, -0.2) is 52.4 Å². The van der Waals surface area contributed by atoms with Crippen molar-refractivity contribution in [3.05, 3.63) is 70.9 Å². The Labute approximate surface area is 213 Å². The number of aromatic nitrogens is 2. The van der Waals surface area contributed by atoms with Gasteiger partial charge in [0.15, 0.2) is 0 Å². The number of para-hydroxylation sites is 1. The third-order valence-electron chi connectivity index (χ3n) is 6.04. The van der Waals surface area contributed by atoms with E-state index in [2.05, 4.69) is 10.4 Å². The van der Waals surface area contributed by atoms with Crippen molar-refractivity contribution in [2.45, 2.75) is 38.7 Å². The molecule has 0 unspecified atom stereocenters. The molecule has 2 amide bonds. The number of carbonyl (C=O) groups is 2. The van der Waals surface area contributed by atoms with Crippen LogP contribution in [0.4, 0.5) is 13.6 Å². The SMILES string of the molecule is CCOC(=O)N1CCC(NC(=O)c2ccc(-c3cc(C(C)(F)F)nn3-c3ccccc3Cl)cc2)CC1. The summed E-state index contributed by atoms with van der Waals surface area (Å²) in [6.07, 6.45) is 0.930. The van der Waals surface area contributed by atoms with E-state index >= 15 is 0 Å². The minimum Gasteiger partial charge on any atom is -0.450 e. The number of hydrogen-bond donors (Lipinski definition) is 1. The molecule has 0 spiro atoms. The zero-order valence-corrected chi connectivity index (χ0v) is 20.8. The van der Waals surface area contributed by atoms with Crippen LogP contribution in [0, 0.1) is 0 Å². The predicted octanol–water partition coefficient (Wildman–Crippen LogP) is 5.66. The Kier molecular flexibility index (Phi) is 7.59. The number of carbonyl (C=O) groups excluding carboxylic acids is 2. The van der Waals surface area contributed by atoms with Crippen LogP contribution in [-0.2, 0) is 10.7 Å². The summed E-state index contributed by atoms with van der Waals surface area (Å²) in [4.78, 5) is 26.3. The quantitative estimate of drug-likeness (QED) is 0.459. The van der Waals surface area contributed by atoms with Crippen LogP contribution in [0.25, 0.3) is 16.9 Å². The summed E-state index contributed by atoms with van der Waals surface area (Å²) in [6, 6.07) is 14.8. The first-order chi connectivity index (χ1) is 17.2. The standard InChI is InChI=1S/C26H27ClF2N4O3/c1-3-36-25(35)32-14-12-19(13-15-32)30-24(34)18-10-8-17(9-11-18)22-16-23(26(2,28)29)31-33(22)21-7-5-4-6-20(21)27/h4-11,16,19H,3,12-15H2,1-2H3,(H,30,34). The summed E-state index contributed by atoms with van der Waals surface area (Å²) in [5.41, 5.74) is 1.57. The number of ether oxygens (including phenoxy) is 1. The Morgan fingerprint density at radius 2 is 1.81 bits per heavy atom. The molecule has 2 aromatic carbocycles. The minimum atomic E-state index is -3.13. The van der Waals surface area contributed by atoms with Crippen molar-refractivity contribution in [2.75, 3.05) is 19.7 Å². The normalized spacial score (nSPS) is 14.5. The van der Waals surface area contributed by atoms with E-state index in [1.807, 2.05) is 0 Å². The highest BCUT2D eigenvalue weighted by molar-refractivity contribution is 6.32. The van der Waals surface area contributed by atoms with Gasteiger partial charge in [0.1, 0.15) is 5.69 Å². The summed E-state index contributed by atoms with van der Waals surface area (Å²) >= 11 is 6.31. The van der Waals surface area contributed by atoms with Gasteiger partial charge in [0.25, 0.3) is 11.8 Å². The number of amides is 2. The highest BCUT2D eigenvalue weighted by Crippen LogP contribution is 2.33. The first kappa shape index (κ1) is 25.6. The maximum Gasteiger partial charge on any atom is 0.409 e. The lowest BCUT2D eigenvalue weighted by Crippen LogP contribution is -2.46. The number of benzene rings is 2. The Morgan fingerprint density at radius 3 is 2.42 bits per heavy atom. The third kappa shape index (κ3) is 5.67. The maximum atomic E-state index is 14.1. The molecule has 1 aromatic heterocycles. The lowest BCUT2D eigenvalue weighted by Gasteiger charge is -2.31. The Hall–Kier alpha value is -3.46. The molecule has 0 bridgehead atoms. The van der Waals surface area contributed by atoms with Crippen molar-refractivity contribution in [1.29, 1.82) is 0 Å². The minimum absolute atomic E-state index is 0.0566. The molecule has 1 fully saturated rings. The number of rotatable bonds is 6. The number of likely N-dealkylation sites (tertiary alicyclic amines) is 1. The second kappa shape index (κ2) is 10.7. The van der Waals surface area contributed by atoms with Gasteiger partial charge >= 0.3 is 6.09 Å². The number of hydrogen-bond acceptors (Lipinski definition) is 4. The number of alkyl halides is 2. The summed E-state index contributed by atoms with van der Waals surface area (Å²) in [6.45, 7) is 3.91. The van der Waals surface area contributed by atoms with Crippen molar-refractivity contribution in [3.8, 4) is 16.9 Å².